The van der Waals surface area contributed by atoms with Gasteiger partial charge in [0.25, 0.3) is 0 Å². The molecule has 0 spiro atoms. The van der Waals surface area contributed by atoms with E-state index in [0.717, 1.165) is 10.7 Å². The van der Waals surface area contributed by atoms with Crippen molar-refractivity contribution in [2.45, 2.75) is 25.3 Å². The Morgan fingerprint density at radius 1 is 1.56 bits per heavy atom. The number of esters is 1. The number of ether oxygens (including phenoxy) is 1. The topological polar surface area (TPSA) is 87.5 Å². The molecule has 0 aliphatic carbocycles. The third-order valence-electron chi connectivity index (χ3n) is 2.53. The van der Waals surface area contributed by atoms with Crippen molar-refractivity contribution in [3.63, 3.8) is 0 Å². The standard InChI is InChI=1S/C9H14N2O4S/c1-15-9(12)8-4-2-3-6-11(8)16(13,14)7-5-10/h8H,2-4,6-7H2,1H3. The van der Waals surface area contributed by atoms with Gasteiger partial charge in [-0.2, -0.15) is 9.57 Å². The van der Waals surface area contributed by atoms with E-state index in [1.807, 2.05) is 0 Å². The lowest BCUT2D eigenvalue weighted by molar-refractivity contribution is -0.146. The average molecular weight is 246 g/mol. The van der Waals surface area contributed by atoms with Crippen LogP contribution in [0.3, 0.4) is 0 Å². The summed E-state index contributed by atoms with van der Waals surface area (Å²) in [5.74, 6) is -1.15. The van der Waals surface area contributed by atoms with Gasteiger partial charge in [-0.1, -0.05) is 0 Å². The van der Waals surface area contributed by atoms with Crippen molar-refractivity contribution < 1.29 is 17.9 Å². The highest BCUT2D eigenvalue weighted by Gasteiger charge is 2.37. The van der Waals surface area contributed by atoms with E-state index < -0.39 is 27.8 Å². The fourth-order valence-electron chi connectivity index (χ4n) is 1.77. The zero-order chi connectivity index (χ0) is 12.2. The van der Waals surface area contributed by atoms with Gasteiger partial charge in [0.2, 0.25) is 10.0 Å². The number of carbonyl (C=O) groups is 1. The molecule has 0 N–H and O–H groups in total. The van der Waals surface area contributed by atoms with Crippen LogP contribution >= 0.6 is 0 Å². The average Bonchev–Trinajstić information content (AvgIpc) is 2.28. The van der Waals surface area contributed by atoms with E-state index in [1.54, 1.807) is 6.07 Å². The van der Waals surface area contributed by atoms with E-state index in [1.165, 1.54) is 7.11 Å². The Balaban J connectivity index is 2.91. The van der Waals surface area contributed by atoms with Crippen LogP contribution in [0.1, 0.15) is 19.3 Å². The number of nitriles is 1. The van der Waals surface area contributed by atoms with Crippen LogP contribution in [0, 0.1) is 11.3 Å². The smallest absolute Gasteiger partial charge is 0.324 e. The number of sulfonamides is 1. The van der Waals surface area contributed by atoms with Gasteiger partial charge >= 0.3 is 5.97 Å². The molecule has 1 aliphatic rings. The number of nitrogens with zero attached hydrogens (tertiary/aromatic N) is 2. The van der Waals surface area contributed by atoms with Gasteiger partial charge in [-0.15, -0.1) is 0 Å². The zero-order valence-electron chi connectivity index (χ0n) is 9.05. The molecule has 1 fully saturated rings. The molecule has 1 rings (SSSR count). The molecule has 7 heteroatoms. The number of hydrogen-bond acceptors (Lipinski definition) is 5. The Kier molecular flexibility index (Phi) is 4.26. The Bertz CT molecular complexity index is 398. The lowest BCUT2D eigenvalue weighted by Crippen LogP contribution is -2.49. The summed E-state index contributed by atoms with van der Waals surface area (Å²) in [6.07, 6.45) is 1.95. The maximum absolute atomic E-state index is 11.7. The Hall–Kier alpha value is -1.13. The molecule has 16 heavy (non-hydrogen) atoms. The first kappa shape index (κ1) is 12.9. The van der Waals surface area contributed by atoms with Crippen molar-refractivity contribution in [1.29, 1.82) is 5.26 Å². The molecular weight excluding hydrogens is 232 g/mol. The highest BCUT2D eigenvalue weighted by Crippen LogP contribution is 2.21. The molecular formula is C9H14N2O4S. The largest absolute Gasteiger partial charge is 0.468 e. The first-order valence-corrected chi connectivity index (χ1v) is 6.58. The van der Waals surface area contributed by atoms with Crippen LogP contribution < -0.4 is 0 Å². The molecule has 1 unspecified atom stereocenters. The second-order valence-corrected chi connectivity index (χ2v) is 5.48. The third kappa shape index (κ3) is 2.71. The first-order valence-electron chi connectivity index (χ1n) is 4.97. The van der Waals surface area contributed by atoms with Gasteiger partial charge in [0.1, 0.15) is 6.04 Å². The molecule has 1 atom stereocenters. The van der Waals surface area contributed by atoms with Gasteiger partial charge in [0.15, 0.2) is 5.75 Å². The van der Waals surface area contributed by atoms with Crippen molar-refractivity contribution >= 4 is 16.0 Å². The Labute approximate surface area is 94.8 Å². The molecule has 0 aromatic carbocycles. The van der Waals surface area contributed by atoms with Crippen molar-refractivity contribution in [3.8, 4) is 6.07 Å². The van der Waals surface area contributed by atoms with Crippen LogP contribution in [0.15, 0.2) is 0 Å². The van der Waals surface area contributed by atoms with Gasteiger partial charge in [-0.3, -0.25) is 4.79 Å². The summed E-state index contributed by atoms with van der Waals surface area (Å²) in [5.41, 5.74) is 0. The molecule has 0 aromatic rings. The number of methoxy groups -OCH3 is 1. The second-order valence-electron chi connectivity index (χ2n) is 3.56. The minimum absolute atomic E-state index is 0.282. The minimum Gasteiger partial charge on any atom is -0.468 e. The summed E-state index contributed by atoms with van der Waals surface area (Å²) in [7, 11) is -2.44. The quantitative estimate of drug-likeness (QED) is 0.647. The maximum atomic E-state index is 11.7. The summed E-state index contributed by atoms with van der Waals surface area (Å²) in [4.78, 5) is 11.4. The van der Waals surface area contributed by atoms with Crippen LogP contribution in [0.5, 0.6) is 0 Å². The van der Waals surface area contributed by atoms with Crippen molar-refractivity contribution in [2.75, 3.05) is 19.4 Å². The molecule has 90 valence electrons. The lowest BCUT2D eigenvalue weighted by atomic mass is 10.1. The molecule has 1 aliphatic heterocycles. The maximum Gasteiger partial charge on any atom is 0.324 e. The van der Waals surface area contributed by atoms with E-state index in [-0.39, 0.29) is 6.54 Å². The van der Waals surface area contributed by atoms with E-state index in [4.69, 9.17) is 5.26 Å². The van der Waals surface area contributed by atoms with Crippen LogP contribution in [-0.2, 0) is 19.6 Å². The summed E-state index contributed by atoms with van der Waals surface area (Å²) in [6, 6.07) is 0.834. The summed E-state index contributed by atoms with van der Waals surface area (Å²) in [5, 5.41) is 8.44. The van der Waals surface area contributed by atoms with Crippen molar-refractivity contribution in [1.82, 2.24) is 4.31 Å². The molecule has 0 radical (unpaired) electrons. The number of piperidine rings is 1. The predicted octanol–water partition coefficient (Wildman–Crippen LogP) is -0.133. The van der Waals surface area contributed by atoms with E-state index in [0.29, 0.717) is 12.8 Å². The van der Waals surface area contributed by atoms with Gasteiger partial charge in [-0.25, -0.2) is 8.42 Å². The molecule has 0 bridgehead atoms. The molecule has 0 amide bonds. The van der Waals surface area contributed by atoms with Crippen LogP contribution in [0.25, 0.3) is 0 Å². The fourth-order valence-corrected chi connectivity index (χ4v) is 3.09. The molecule has 1 saturated heterocycles. The van der Waals surface area contributed by atoms with Crippen LogP contribution in [0.2, 0.25) is 0 Å². The predicted molar refractivity (Wildman–Crippen MR) is 55.8 cm³/mol. The highest BCUT2D eigenvalue weighted by atomic mass is 32.2. The zero-order valence-corrected chi connectivity index (χ0v) is 9.87. The number of carbonyl (C=O) groups excluding carboxylic acids is 1. The first-order chi connectivity index (χ1) is 7.53. The summed E-state index contributed by atoms with van der Waals surface area (Å²) in [6.45, 7) is 0.282. The molecule has 0 saturated carbocycles. The van der Waals surface area contributed by atoms with Gasteiger partial charge in [0.05, 0.1) is 13.2 Å². The monoisotopic (exact) mass is 246 g/mol. The minimum atomic E-state index is -3.67. The van der Waals surface area contributed by atoms with Gasteiger partial charge in [-0.05, 0) is 19.3 Å². The van der Waals surface area contributed by atoms with Crippen LogP contribution in [-0.4, -0.2) is 44.1 Å². The number of hydrogen-bond donors (Lipinski definition) is 0. The van der Waals surface area contributed by atoms with Gasteiger partial charge < -0.3 is 4.74 Å². The number of rotatable bonds is 3. The SMILES string of the molecule is COC(=O)C1CCCCN1S(=O)(=O)CC#N. The Morgan fingerprint density at radius 2 is 2.25 bits per heavy atom. The Morgan fingerprint density at radius 3 is 2.81 bits per heavy atom. The van der Waals surface area contributed by atoms with E-state index in [2.05, 4.69) is 4.74 Å². The molecule has 1 heterocycles. The second kappa shape index (κ2) is 5.27. The van der Waals surface area contributed by atoms with Crippen LogP contribution in [0.4, 0.5) is 0 Å². The lowest BCUT2D eigenvalue weighted by Gasteiger charge is -2.31. The highest BCUT2D eigenvalue weighted by molar-refractivity contribution is 7.89. The third-order valence-corrected chi connectivity index (χ3v) is 4.18. The van der Waals surface area contributed by atoms with E-state index >= 15 is 0 Å². The molecule has 0 aromatic heterocycles. The normalized spacial score (nSPS) is 22.4. The van der Waals surface area contributed by atoms with Crippen molar-refractivity contribution in [3.05, 3.63) is 0 Å². The summed E-state index contributed by atoms with van der Waals surface area (Å²) >= 11 is 0. The fraction of sp³-hybridized carbons (Fsp3) is 0.778. The summed E-state index contributed by atoms with van der Waals surface area (Å²) < 4.78 is 29.1. The van der Waals surface area contributed by atoms with Gasteiger partial charge in [0, 0.05) is 6.54 Å². The van der Waals surface area contributed by atoms with E-state index in [9.17, 15) is 13.2 Å². The van der Waals surface area contributed by atoms with Crippen molar-refractivity contribution in [2.24, 2.45) is 0 Å². The molecule has 6 nitrogen and oxygen atoms in total.